The maximum absolute atomic E-state index is 12.0. The second-order valence-electron chi connectivity index (χ2n) is 5.59. The molecule has 150 valence electrons. The molecule has 1 aromatic heterocycles. The molecule has 0 atom stereocenters. The predicted octanol–water partition coefficient (Wildman–Crippen LogP) is 3.02. The predicted molar refractivity (Wildman–Crippen MR) is 104 cm³/mol. The minimum atomic E-state index is -0.710. The molecule has 0 spiro atoms. The number of anilines is 1. The first-order valence-corrected chi connectivity index (χ1v) is 9.21. The van der Waals surface area contributed by atoms with Crippen LogP contribution in [-0.2, 0) is 14.3 Å². The van der Waals surface area contributed by atoms with Gasteiger partial charge in [0.05, 0.1) is 18.1 Å². The summed E-state index contributed by atoms with van der Waals surface area (Å²) >= 11 is 1.03. The zero-order chi connectivity index (χ0) is 20.8. The number of methoxy groups -OCH3 is 1. The number of rotatable bonds is 8. The van der Waals surface area contributed by atoms with Crippen molar-refractivity contribution in [1.29, 1.82) is 0 Å². The van der Waals surface area contributed by atoms with Crippen LogP contribution in [-0.4, -0.2) is 41.3 Å². The second kappa shape index (κ2) is 9.06. The molecular formula is C18H15N3O7S. The lowest BCUT2D eigenvalue weighted by molar-refractivity contribution is -0.384. The highest BCUT2D eigenvalue weighted by Crippen LogP contribution is 2.29. The summed E-state index contributed by atoms with van der Waals surface area (Å²) in [4.78, 5) is 38.5. The SMILES string of the molecule is COc1ccc(NC(=O)COC(=O)CSc2nc3ccccc3o2)c([N+](=O)[O-])c1. The molecule has 10 nitrogen and oxygen atoms in total. The van der Waals surface area contributed by atoms with Crippen LogP contribution in [0, 0.1) is 10.1 Å². The number of carbonyl (C=O) groups is 2. The molecule has 0 unspecified atom stereocenters. The number of nitrogens with one attached hydrogen (secondary N) is 1. The van der Waals surface area contributed by atoms with E-state index < -0.39 is 23.4 Å². The van der Waals surface area contributed by atoms with E-state index in [2.05, 4.69) is 10.3 Å². The van der Waals surface area contributed by atoms with Gasteiger partial charge < -0.3 is 19.2 Å². The number of ether oxygens (including phenoxy) is 2. The number of aromatic nitrogens is 1. The number of amides is 1. The number of hydrogen-bond donors (Lipinski definition) is 1. The molecule has 11 heteroatoms. The van der Waals surface area contributed by atoms with E-state index in [9.17, 15) is 19.7 Å². The zero-order valence-electron chi connectivity index (χ0n) is 15.1. The standard InChI is InChI=1S/C18H15N3O7S/c1-26-11-6-7-12(14(8-11)21(24)25)19-16(22)9-27-17(23)10-29-18-20-13-4-2-3-5-15(13)28-18/h2-8H,9-10H2,1H3,(H,19,22). The average molecular weight is 417 g/mol. The lowest BCUT2D eigenvalue weighted by Crippen LogP contribution is -2.22. The van der Waals surface area contributed by atoms with Crippen molar-refractivity contribution in [3.05, 3.63) is 52.6 Å². The monoisotopic (exact) mass is 417 g/mol. The van der Waals surface area contributed by atoms with Gasteiger partial charge in [0.2, 0.25) is 0 Å². The second-order valence-corrected chi connectivity index (χ2v) is 6.51. The van der Waals surface area contributed by atoms with E-state index in [0.717, 1.165) is 11.8 Å². The van der Waals surface area contributed by atoms with Crippen molar-refractivity contribution in [2.24, 2.45) is 0 Å². The van der Waals surface area contributed by atoms with Crippen LogP contribution < -0.4 is 10.1 Å². The molecule has 0 radical (unpaired) electrons. The van der Waals surface area contributed by atoms with Crippen LogP contribution in [0.15, 0.2) is 52.1 Å². The normalized spacial score (nSPS) is 10.5. The highest BCUT2D eigenvalue weighted by atomic mass is 32.2. The van der Waals surface area contributed by atoms with Gasteiger partial charge in [-0.1, -0.05) is 23.9 Å². The Morgan fingerprint density at radius 3 is 2.79 bits per heavy atom. The van der Waals surface area contributed by atoms with E-state index in [4.69, 9.17) is 13.9 Å². The Bertz CT molecular complexity index is 1030. The van der Waals surface area contributed by atoms with Crippen LogP contribution in [0.2, 0.25) is 0 Å². The number of carbonyl (C=O) groups excluding carboxylic acids is 2. The number of benzene rings is 2. The average Bonchev–Trinajstić information content (AvgIpc) is 3.14. The van der Waals surface area contributed by atoms with Crippen molar-refractivity contribution < 1.29 is 28.4 Å². The summed E-state index contributed by atoms with van der Waals surface area (Å²) in [5.74, 6) is -1.20. The number of fused-ring (bicyclic) bond motifs is 1. The summed E-state index contributed by atoms with van der Waals surface area (Å²) in [5, 5.41) is 13.8. The fourth-order valence-electron chi connectivity index (χ4n) is 2.30. The van der Waals surface area contributed by atoms with Crippen LogP contribution in [0.4, 0.5) is 11.4 Å². The highest BCUT2D eigenvalue weighted by Gasteiger charge is 2.18. The van der Waals surface area contributed by atoms with Gasteiger partial charge in [-0.3, -0.25) is 19.7 Å². The van der Waals surface area contributed by atoms with Crippen molar-refractivity contribution in [3.63, 3.8) is 0 Å². The van der Waals surface area contributed by atoms with Crippen molar-refractivity contribution in [1.82, 2.24) is 4.98 Å². The Morgan fingerprint density at radius 2 is 2.07 bits per heavy atom. The zero-order valence-corrected chi connectivity index (χ0v) is 15.9. The first-order chi connectivity index (χ1) is 14.0. The van der Waals surface area contributed by atoms with Gasteiger partial charge >= 0.3 is 5.97 Å². The maximum Gasteiger partial charge on any atom is 0.316 e. The molecule has 2 aromatic carbocycles. The Morgan fingerprint density at radius 1 is 1.28 bits per heavy atom. The summed E-state index contributed by atoms with van der Waals surface area (Å²) in [6.45, 7) is -0.587. The van der Waals surface area contributed by atoms with Gasteiger partial charge in [-0.15, -0.1) is 0 Å². The Balaban J connectivity index is 1.50. The number of para-hydroxylation sites is 2. The third kappa shape index (κ3) is 5.23. The van der Waals surface area contributed by atoms with Crippen LogP contribution in [0.25, 0.3) is 11.1 Å². The molecule has 3 rings (SSSR count). The Hall–Kier alpha value is -3.60. The van der Waals surface area contributed by atoms with Gasteiger partial charge in [0.25, 0.3) is 16.8 Å². The number of esters is 1. The topological polar surface area (TPSA) is 134 Å². The van der Waals surface area contributed by atoms with Crippen molar-refractivity contribution >= 4 is 46.1 Å². The molecule has 0 aliphatic rings. The Labute approximate surface area is 168 Å². The minimum absolute atomic E-state index is 0.0299. The first-order valence-electron chi connectivity index (χ1n) is 8.22. The van der Waals surface area contributed by atoms with Crippen LogP contribution >= 0.6 is 11.8 Å². The smallest absolute Gasteiger partial charge is 0.316 e. The fourth-order valence-corrected chi connectivity index (χ4v) is 2.94. The third-order valence-electron chi connectivity index (χ3n) is 3.63. The summed E-state index contributed by atoms with van der Waals surface area (Å²) in [6, 6.07) is 11.1. The third-order valence-corrected chi connectivity index (χ3v) is 4.43. The molecule has 0 saturated heterocycles. The van der Waals surface area contributed by atoms with Crippen molar-refractivity contribution in [3.8, 4) is 5.75 Å². The van der Waals surface area contributed by atoms with E-state index >= 15 is 0 Å². The number of hydrogen-bond acceptors (Lipinski definition) is 9. The molecule has 29 heavy (non-hydrogen) atoms. The molecule has 0 aliphatic carbocycles. The minimum Gasteiger partial charge on any atom is -0.496 e. The molecule has 0 fully saturated rings. The maximum atomic E-state index is 12.0. The van der Waals surface area contributed by atoms with E-state index in [0.29, 0.717) is 16.3 Å². The number of oxazole rings is 1. The molecule has 1 amide bonds. The Kier molecular flexibility index (Phi) is 6.29. The van der Waals surface area contributed by atoms with Crippen LogP contribution in [0.5, 0.6) is 5.75 Å². The van der Waals surface area contributed by atoms with Gasteiger partial charge in [0.15, 0.2) is 12.2 Å². The molecular weight excluding hydrogens is 402 g/mol. The summed E-state index contributed by atoms with van der Waals surface area (Å²) in [5.41, 5.74) is 0.904. The van der Waals surface area contributed by atoms with Gasteiger partial charge in [-0.2, -0.15) is 0 Å². The molecule has 1 heterocycles. The lowest BCUT2D eigenvalue weighted by Gasteiger charge is -2.08. The lowest BCUT2D eigenvalue weighted by atomic mass is 10.2. The van der Waals surface area contributed by atoms with Gasteiger partial charge in [0.1, 0.15) is 22.7 Å². The summed E-state index contributed by atoms with van der Waals surface area (Å²) < 4.78 is 15.3. The molecule has 3 aromatic rings. The van der Waals surface area contributed by atoms with Gasteiger partial charge in [0, 0.05) is 0 Å². The first kappa shape index (κ1) is 20.1. The number of nitro benzene ring substituents is 1. The van der Waals surface area contributed by atoms with Crippen molar-refractivity contribution in [2.45, 2.75) is 5.22 Å². The number of nitrogens with zero attached hydrogens (tertiary/aromatic N) is 2. The van der Waals surface area contributed by atoms with Gasteiger partial charge in [-0.25, -0.2) is 4.98 Å². The van der Waals surface area contributed by atoms with E-state index in [1.807, 2.05) is 12.1 Å². The molecule has 0 aliphatic heterocycles. The van der Waals surface area contributed by atoms with Crippen molar-refractivity contribution in [2.75, 3.05) is 24.8 Å². The van der Waals surface area contributed by atoms with Crippen LogP contribution in [0.3, 0.4) is 0 Å². The quantitative estimate of drug-likeness (QED) is 0.254. The van der Waals surface area contributed by atoms with E-state index in [1.54, 1.807) is 12.1 Å². The summed E-state index contributed by atoms with van der Waals surface area (Å²) in [6.07, 6.45) is 0. The van der Waals surface area contributed by atoms with Crippen LogP contribution in [0.1, 0.15) is 0 Å². The molecule has 0 saturated carbocycles. The van der Waals surface area contributed by atoms with E-state index in [1.165, 1.54) is 25.3 Å². The van der Waals surface area contributed by atoms with E-state index in [-0.39, 0.29) is 22.9 Å². The fraction of sp³-hybridized carbons (Fsp3) is 0.167. The number of thioether (sulfide) groups is 1. The largest absolute Gasteiger partial charge is 0.496 e. The summed E-state index contributed by atoms with van der Waals surface area (Å²) in [7, 11) is 1.37. The highest BCUT2D eigenvalue weighted by molar-refractivity contribution is 7.99. The molecule has 1 N–H and O–H groups in total. The molecule has 0 bridgehead atoms. The van der Waals surface area contributed by atoms with Gasteiger partial charge in [-0.05, 0) is 24.3 Å². The number of nitro groups is 1.